The van der Waals surface area contributed by atoms with E-state index >= 15 is 0 Å². The molecule has 0 aliphatic rings. The van der Waals surface area contributed by atoms with E-state index in [0.29, 0.717) is 17.8 Å². The second-order valence-electron chi connectivity index (χ2n) is 4.80. The zero-order valence-corrected chi connectivity index (χ0v) is 12.4. The van der Waals surface area contributed by atoms with E-state index in [1.54, 1.807) is 31.3 Å². The minimum atomic E-state index is -0.182. The van der Waals surface area contributed by atoms with E-state index in [0.717, 1.165) is 5.56 Å². The Hall–Kier alpha value is -2.66. The van der Waals surface area contributed by atoms with Crippen LogP contribution in [0.3, 0.4) is 0 Å². The molecule has 3 N–H and O–H groups in total. The Morgan fingerprint density at radius 3 is 2.50 bits per heavy atom. The molecule has 0 spiro atoms. The molecule has 2 rings (SSSR count). The van der Waals surface area contributed by atoms with Crippen LogP contribution in [0.25, 0.3) is 0 Å². The molecule has 0 fully saturated rings. The number of hydrogen-bond acceptors (Lipinski definition) is 3. The minimum Gasteiger partial charge on any atom is -0.355 e. The van der Waals surface area contributed by atoms with Gasteiger partial charge in [0.15, 0.2) is 0 Å². The maximum absolute atomic E-state index is 11.9. The van der Waals surface area contributed by atoms with Crippen LogP contribution in [0.5, 0.6) is 0 Å². The number of nitrogens with one attached hydrogen (secondary N) is 3. The summed E-state index contributed by atoms with van der Waals surface area (Å²) < 4.78 is 0. The first-order valence-electron chi connectivity index (χ1n) is 7.05. The fourth-order valence-electron chi connectivity index (χ4n) is 2.00. The Kier molecular flexibility index (Phi) is 5.68. The molecule has 2 amide bonds. The normalized spacial score (nSPS) is 10.0. The first-order chi connectivity index (χ1) is 10.7. The highest BCUT2D eigenvalue weighted by atomic mass is 16.2. The molecule has 2 aromatic carbocycles. The molecule has 0 aliphatic carbocycles. The van der Waals surface area contributed by atoms with Crippen LogP contribution in [-0.2, 0) is 11.3 Å². The van der Waals surface area contributed by atoms with Gasteiger partial charge in [-0.05, 0) is 23.8 Å². The highest BCUT2D eigenvalue weighted by molar-refractivity contribution is 5.97. The topological polar surface area (TPSA) is 70.2 Å². The summed E-state index contributed by atoms with van der Waals surface area (Å²) in [5, 5.41) is 8.40. The lowest BCUT2D eigenvalue weighted by molar-refractivity contribution is -0.115. The van der Waals surface area contributed by atoms with Crippen molar-refractivity contribution in [2.45, 2.75) is 6.54 Å². The van der Waals surface area contributed by atoms with Gasteiger partial charge in [0.2, 0.25) is 5.91 Å². The number of rotatable bonds is 6. The van der Waals surface area contributed by atoms with Crippen LogP contribution in [0.4, 0.5) is 5.69 Å². The Bertz CT molecular complexity index is 641. The SMILES string of the molecule is CNC(=O)c1cccc(NC(=O)CNCc2ccccc2)c1. The molecule has 0 aliphatic heterocycles. The van der Waals surface area contributed by atoms with E-state index in [2.05, 4.69) is 16.0 Å². The van der Waals surface area contributed by atoms with Gasteiger partial charge >= 0.3 is 0 Å². The fraction of sp³-hybridized carbons (Fsp3) is 0.176. The molecule has 0 atom stereocenters. The molecular formula is C17H19N3O2. The summed E-state index contributed by atoms with van der Waals surface area (Å²) in [5.41, 5.74) is 2.24. The van der Waals surface area contributed by atoms with Gasteiger partial charge in [-0.3, -0.25) is 9.59 Å². The molecule has 0 heterocycles. The van der Waals surface area contributed by atoms with Gasteiger partial charge in [0.1, 0.15) is 0 Å². The zero-order chi connectivity index (χ0) is 15.8. The van der Waals surface area contributed by atoms with Crippen LogP contribution >= 0.6 is 0 Å². The largest absolute Gasteiger partial charge is 0.355 e. The second-order valence-corrected chi connectivity index (χ2v) is 4.80. The van der Waals surface area contributed by atoms with Crippen LogP contribution < -0.4 is 16.0 Å². The van der Waals surface area contributed by atoms with Crippen LogP contribution in [0, 0.1) is 0 Å². The van der Waals surface area contributed by atoms with Crippen molar-refractivity contribution in [2.75, 3.05) is 18.9 Å². The monoisotopic (exact) mass is 297 g/mol. The number of amides is 2. The first-order valence-corrected chi connectivity index (χ1v) is 7.05. The summed E-state index contributed by atoms with van der Waals surface area (Å²) in [6, 6.07) is 16.7. The van der Waals surface area contributed by atoms with Crippen molar-refractivity contribution in [3.8, 4) is 0 Å². The van der Waals surface area contributed by atoms with E-state index in [9.17, 15) is 9.59 Å². The van der Waals surface area contributed by atoms with E-state index in [1.165, 1.54) is 0 Å². The highest BCUT2D eigenvalue weighted by Gasteiger charge is 2.06. The van der Waals surface area contributed by atoms with Crippen molar-refractivity contribution in [2.24, 2.45) is 0 Å². The predicted molar refractivity (Wildman–Crippen MR) is 86.6 cm³/mol. The van der Waals surface area contributed by atoms with Crippen LogP contribution in [0.15, 0.2) is 54.6 Å². The first kappa shape index (κ1) is 15.7. The van der Waals surface area contributed by atoms with Crippen molar-refractivity contribution in [1.29, 1.82) is 0 Å². The van der Waals surface area contributed by atoms with Gasteiger partial charge in [0, 0.05) is 24.8 Å². The summed E-state index contributed by atoms with van der Waals surface area (Å²) in [6.45, 7) is 0.839. The molecule has 0 saturated heterocycles. The Morgan fingerprint density at radius 1 is 1.00 bits per heavy atom. The van der Waals surface area contributed by atoms with Crippen LogP contribution in [0.1, 0.15) is 15.9 Å². The van der Waals surface area contributed by atoms with Crippen LogP contribution in [-0.4, -0.2) is 25.4 Å². The lowest BCUT2D eigenvalue weighted by Crippen LogP contribution is -2.27. The molecule has 22 heavy (non-hydrogen) atoms. The summed E-state index contributed by atoms with van der Waals surface area (Å²) in [6.07, 6.45) is 0. The number of benzene rings is 2. The zero-order valence-electron chi connectivity index (χ0n) is 12.4. The molecule has 0 radical (unpaired) electrons. The molecule has 2 aromatic rings. The molecule has 0 aromatic heterocycles. The number of carbonyl (C=O) groups is 2. The van der Waals surface area contributed by atoms with Crippen LogP contribution in [0.2, 0.25) is 0 Å². The molecular weight excluding hydrogens is 278 g/mol. The van der Waals surface area contributed by atoms with Gasteiger partial charge in [-0.1, -0.05) is 36.4 Å². The lowest BCUT2D eigenvalue weighted by Gasteiger charge is -2.08. The van der Waals surface area contributed by atoms with Crippen molar-refractivity contribution in [3.05, 3.63) is 65.7 Å². The number of carbonyl (C=O) groups excluding carboxylic acids is 2. The number of hydrogen-bond donors (Lipinski definition) is 3. The van der Waals surface area contributed by atoms with E-state index in [1.807, 2.05) is 30.3 Å². The van der Waals surface area contributed by atoms with Crippen molar-refractivity contribution < 1.29 is 9.59 Å². The van der Waals surface area contributed by atoms with Gasteiger partial charge < -0.3 is 16.0 Å². The minimum absolute atomic E-state index is 0.148. The standard InChI is InChI=1S/C17H19N3O2/c1-18-17(22)14-8-5-9-15(10-14)20-16(21)12-19-11-13-6-3-2-4-7-13/h2-10,19H,11-12H2,1H3,(H,18,22)(H,20,21). The Balaban J connectivity index is 1.83. The molecule has 0 bridgehead atoms. The van der Waals surface area contributed by atoms with E-state index in [-0.39, 0.29) is 18.4 Å². The summed E-state index contributed by atoms with van der Waals surface area (Å²) in [7, 11) is 1.57. The van der Waals surface area contributed by atoms with Gasteiger partial charge in [0.25, 0.3) is 5.91 Å². The Morgan fingerprint density at radius 2 is 1.77 bits per heavy atom. The third-order valence-corrected chi connectivity index (χ3v) is 3.09. The van der Waals surface area contributed by atoms with Gasteiger partial charge in [-0.25, -0.2) is 0 Å². The van der Waals surface area contributed by atoms with Gasteiger partial charge in [-0.15, -0.1) is 0 Å². The number of anilines is 1. The van der Waals surface area contributed by atoms with Gasteiger partial charge in [0.05, 0.1) is 6.54 Å². The average Bonchev–Trinajstić information content (AvgIpc) is 2.55. The maximum Gasteiger partial charge on any atom is 0.251 e. The van der Waals surface area contributed by atoms with E-state index in [4.69, 9.17) is 0 Å². The summed E-state index contributed by atoms with van der Waals surface area (Å²) in [5.74, 6) is -0.330. The third-order valence-electron chi connectivity index (χ3n) is 3.09. The smallest absolute Gasteiger partial charge is 0.251 e. The highest BCUT2D eigenvalue weighted by Crippen LogP contribution is 2.10. The molecule has 5 nitrogen and oxygen atoms in total. The Labute approximate surface area is 129 Å². The molecule has 0 unspecified atom stereocenters. The lowest BCUT2D eigenvalue weighted by atomic mass is 10.2. The second kappa shape index (κ2) is 7.95. The van der Waals surface area contributed by atoms with Crippen molar-refractivity contribution in [3.63, 3.8) is 0 Å². The van der Waals surface area contributed by atoms with E-state index < -0.39 is 0 Å². The molecule has 5 heteroatoms. The molecule has 0 saturated carbocycles. The summed E-state index contributed by atoms with van der Waals surface area (Å²) in [4.78, 5) is 23.4. The fourth-order valence-corrected chi connectivity index (χ4v) is 2.00. The third kappa shape index (κ3) is 4.71. The van der Waals surface area contributed by atoms with Gasteiger partial charge in [-0.2, -0.15) is 0 Å². The summed E-state index contributed by atoms with van der Waals surface area (Å²) >= 11 is 0. The molecule has 114 valence electrons. The maximum atomic E-state index is 11.9. The predicted octanol–water partition coefficient (Wildman–Crippen LogP) is 1.77. The van der Waals surface area contributed by atoms with Crippen molar-refractivity contribution >= 4 is 17.5 Å². The van der Waals surface area contributed by atoms with Crippen molar-refractivity contribution in [1.82, 2.24) is 10.6 Å². The average molecular weight is 297 g/mol. The quantitative estimate of drug-likeness (QED) is 0.761.